The molecule has 1 heterocycles. The average Bonchev–Trinajstić information content (AvgIpc) is 3.14. The molecule has 1 saturated heterocycles. The van der Waals surface area contributed by atoms with Crippen molar-refractivity contribution >= 4 is 17.8 Å². The second-order valence-corrected chi connectivity index (χ2v) is 6.47. The number of hydrogen-bond acceptors (Lipinski definition) is 4. The molecular weight excluding hydrogens is 336 g/mol. The minimum absolute atomic E-state index is 0.227. The Morgan fingerprint density at radius 2 is 1.96 bits per heavy atom. The van der Waals surface area contributed by atoms with Crippen molar-refractivity contribution in [1.29, 1.82) is 0 Å². The number of nitrogens with one attached hydrogen (secondary N) is 2. The van der Waals surface area contributed by atoms with Crippen molar-refractivity contribution in [3.05, 3.63) is 35.9 Å². The summed E-state index contributed by atoms with van der Waals surface area (Å²) in [7, 11) is 3.09. The van der Waals surface area contributed by atoms with E-state index in [4.69, 9.17) is 0 Å². The third-order valence-corrected chi connectivity index (χ3v) is 4.33. The number of aliphatic hydroxyl groups excluding tert-OH is 1. The normalized spacial score (nSPS) is 17.5. The topological polar surface area (TPSA) is 102 Å². The second kappa shape index (κ2) is 9.19. The number of aliphatic hydroxyl groups is 1. The van der Waals surface area contributed by atoms with Gasteiger partial charge >= 0.3 is 6.03 Å². The molecule has 1 aliphatic heterocycles. The molecule has 0 unspecified atom stereocenters. The molecule has 0 aliphatic carbocycles. The van der Waals surface area contributed by atoms with Crippen molar-refractivity contribution in [2.45, 2.75) is 31.5 Å². The Bertz CT molecular complexity index is 635. The number of likely N-dealkylation sites (tertiary alicyclic amines) is 1. The van der Waals surface area contributed by atoms with Gasteiger partial charge in [0.25, 0.3) is 0 Å². The third-order valence-electron chi connectivity index (χ3n) is 4.33. The molecule has 1 aromatic carbocycles. The highest BCUT2D eigenvalue weighted by Gasteiger charge is 2.37. The van der Waals surface area contributed by atoms with Crippen LogP contribution in [-0.2, 0) is 16.1 Å². The zero-order valence-electron chi connectivity index (χ0n) is 15.1. The van der Waals surface area contributed by atoms with Gasteiger partial charge in [-0.05, 0) is 18.4 Å². The fourth-order valence-electron chi connectivity index (χ4n) is 2.87. The highest BCUT2D eigenvalue weighted by Crippen LogP contribution is 2.19. The molecule has 4 amide bonds. The van der Waals surface area contributed by atoms with Crippen LogP contribution in [0, 0.1) is 0 Å². The van der Waals surface area contributed by atoms with E-state index < -0.39 is 30.6 Å². The van der Waals surface area contributed by atoms with Gasteiger partial charge < -0.3 is 25.5 Å². The van der Waals surface area contributed by atoms with E-state index in [1.807, 2.05) is 30.3 Å². The summed E-state index contributed by atoms with van der Waals surface area (Å²) in [5.74, 6) is -0.671. The van der Waals surface area contributed by atoms with Crippen LogP contribution in [0.25, 0.3) is 0 Å². The largest absolute Gasteiger partial charge is 0.394 e. The lowest BCUT2D eigenvalue weighted by molar-refractivity contribution is -0.140. The Kier molecular flexibility index (Phi) is 6.97. The molecule has 8 heteroatoms. The molecule has 26 heavy (non-hydrogen) atoms. The van der Waals surface area contributed by atoms with E-state index in [0.717, 1.165) is 5.56 Å². The van der Waals surface area contributed by atoms with Gasteiger partial charge in [-0.3, -0.25) is 9.59 Å². The van der Waals surface area contributed by atoms with E-state index in [9.17, 15) is 19.5 Å². The number of amides is 4. The number of urea groups is 1. The third kappa shape index (κ3) is 4.95. The van der Waals surface area contributed by atoms with Crippen LogP contribution < -0.4 is 10.6 Å². The highest BCUT2D eigenvalue weighted by atomic mass is 16.3. The average molecular weight is 362 g/mol. The quantitative estimate of drug-likeness (QED) is 0.659. The molecule has 142 valence electrons. The zero-order valence-corrected chi connectivity index (χ0v) is 15.1. The second-order valence-electron chi connectivity index (χ2n) is 6.47. The summed E-state index contributed by atoms with van der Waals surface area (Å²) in [6, 6.07) is 7.40. The minimum Gasteiger partial charge on any atom is -0.394 e. The molecule has 1 aromatic rings. The van der Waals surface area contributed by atoms with Gasteiger partial charge in [0.15, 0.2) is 0 Å². The van der Waals surface area contributed by atoms with Gasteiger partial charge in [-0.2, -0.15) is 0 Å². The molecule has 1 aliphatic rings. The van der Waals surface area contributed by atoms with Gasteiger partial charge in [-0.15, -0.1) is 0 Å². The SMILES string of the molecule is CN(C)C(=O)N[C@@H](CO)C(=O)N1CCC[C@@H]1C(=O)NCc1ccccc1. The maximum absolute atomic E-state index is 12.7. The van der Waals surface area contributed by atoms with Gasteiger partial charge in [-0.25, -0.2) is 4.79 Å². The van der Waals surface area contributed by atoms with Gasteiger partial charge in [-0.1, -0.05) is 30.3 Å². The van der Waals surface area contributed by atoms with E-state index in [1.165, 1.54) is 9.80 Å². The van der Waals surface area contributed by atoms with Gasteiger partial charge in [0, 0.05) is 27.2 Å². The first-order valence-electron chi connectivity index (χ1n) is 8.64. The fraction of sp³-hybridized carbons (Fsp3) is 0.500. The molecule has 0 radical (unpaired) electrons. The van der Waals surface area contributed by atoms with Crippen LogP contribution in [0.15, 0.2) is 30.3 Å². The first-order chi connectivity index (χ1) is 12.4. The summed E-state index contributed by atoms with van der Waals surface area (Å²) in [6.07, 6.45) is 1.26. The minimum atomic E-state index is -1.06. The number of carbonyl (C=O) groups is 3. The lowest BCUT2D eigenvalue weighted by Crippen LogP contribution is -2.56. The molecule has 2 atom stereocenters. The van der Waals surface area contributed by atoms with Crippen molar-refractivity contribution in [2.24, 2.45) is 0 Å². The van der Waals surface area contributed by atoms with E-state index in [0.29, 0.717) is 25.9 Å². The maximum Gasteiger partial charge on any atom is 0.317 e. The highest BCUT2D eigenvalue weighted by molar-refractivity contribution is 5.92. The van der Waals surface area contributed by atoms with E-state index in [-0.39, 0.29) is 5.91 Å². The van der Waals surface area contributed by atoms with E-state index in [2.05, 4.69) is 10.6 Å². The van der Waals surface area contributed by atoms with Crippen LogP contribution in [0.1, 0.15) is 18.4 Å². The van der Waals surface area contributed by atoms with Crippen molar-refractivity contribution in [3.8, 4) is 0 Å². The Hall–Kier alpha value is -2.61. The first kappa shape index (κ1) is 19.7. The number of nitrogens with zero attached hydrogens (tertiary/aromatic N) is 2. The number of benzene rings is 1. The van der Waals surface area contributed by atoms with Gasteiger partial charge in [0.2, 0.25) is 11.8 Å². The molecule has 8 nitrogen and oxygen atoms in total. The van der Waals surface area contributed by atoms with Crippen LogP contribution >= 0.6 is 0 Å². The molecular formula is C18H26N4O4. The van der Waals surface area contributed by atoms with Crippen molar-refractivity contribution < 1.29 is 19.5 Å². The van der Waals surface area contributed by atoms with Crippen LogP contribution in [0.2, 0.25) is 0 Å². The monoisotopic (exact) mass is 362 g/mol. The van der Waals surface area contributed by atoms with Gasteiger partial charge in [0.05, 0.1) is 6.61 Å². The van der Waals surface area contributed by atoms with Gasteiger partial charge in [0.1, 0.15) is 12.1 Å². The first-order valence-corrected chi connectivity index (χ1v) is 8.64. The Morgan fingerprint density at radius 1 is 1.27 bits per heavy atom. The number of carbonyl (C=O) groups excluding carboxylic acids is 3. The predicted molar refractivity (Wildman–Crippen MR) is 96.1 cm³/mol. The summed E-state index contributed by atoms with van der Waals surface area (Å²) in [6.45, 7) is 0.295. The Balaban J connectivity index is 1.97. The molecule has 3 N–H and O–H groups in total. The van der Waals surface area contributed by atoms with Crippen LogP contribution in [0.5, 0.6) is 0 Å². The van der Waals surface area contributed by atoms with Crippen molar-refractivity contribution in [1.82, 2.24) is 20.4 Å². The summed E-state index contributed by atoms with van der Waals surface area (Å²) >= 11 is 0. The van der Waals surface area contributed by atoms with Crippen LogP contribution in [0.4, 0.5) is 4.79 Å². The Labute approximate surface area is 153 Å². The maximum atomic E-state index is 12.7. The lowest BCUT2D eigenvalue weighted by Gasteiger charge is -2.28. The summed E-state index contributed by atoms with van der Waals surface area (Å²) in [5.41, 5.74) is 0.975. The zero-order chi connectivity index (χ0) is 19.1. The fourth-order valence-corrected chi connectivity index (χ4v) is 2.87. The molecule has 0 spiro atoms. The van der Waals surface area contributed by atoms with E-state index >= 15 is 0 Å². The van der Waals surface area contributed by atoms with Crippen molar-refractivity contribution in [2.75, 3.05) is 27.2 Å². The summed E-state index contributed by atoms with van der Waals surface area (Å²) in [4.78, 5) is 39.7. The summed E-state index contributed by atoms with van der Waals surface area (Å²) < 4.78 is 0. The number of hydrogen-bond donors (Lipinski definition) is 3. The summed E-state index contributed by atoms with van der Waals surface area (Å²) in [5, 5.41) is 14.8. The molecule has 0 aromatic heterocycles. The molecule has 1 fully saturated rings. The van der Waals surface area contributed by atoms with Crippen LogP contribution in [-0.4, -0.2) is 72.1 Å². The van der Waals surface area contributed by atoms with Crippen molar-refractivity contribution in [3.63, 3.8) is 0 Å². The molecule has 0 bridgehead atoms. The standard InChI is InChI=1S/C18H26N4O4/c1-21(2)18(26)20-14(12-23)17(25)22-10-6-9-15(22)16(24)19-11-13-7-4-3-5-8-13/h3-5,7-8,14-15,23H,6,9-12H2,1-2H3,(H,19,24)(H,20,26)/t14-,15+/m0/s1. The predicted octanol–water partition coefficient (Wildman–Crippen LogP) is -0.0741. The molecule has 0 saturated carbocycles. The van der Waals surface area contributed by atoms with Crippen LogP contribution in [0.3, 0.4) is 0 Å². The number of rotatable bonds is 6. The smallest absolute Gasteiger partial charge is 0.317 e. The molecule has 2 rings (SSSR count). The Morgan fingerprint density at radius 3 is 2.58 bits per heavy atom. The lowest BCUT2D eigenvalue weighted by atomic mass is 10.1. The van der Waals surface area contributed by atoms with E-state index in [1.54, 1.807) is 14.1 Å².